The lowest BCUT2D eigenvalue weighted by Gasteiger charge is -2.11. The molecule has 0 atom stereocenters. The van der Waals surface area contributed by atoms with Gasteiger partial charge >= 0.3 is 5.97 Å². The third-order valence-electron chi connectivity index (χ3n) is 3.94. The first-order valence-electron chi connectivity index (χ1n) is 6.97. The number of aliphatic carboxylic acids is 1. The van der Waals surface area contributed by atoms with Crippen LogP contribution in [-0.4, -0.2) is 33.3 Å². The van der Waals surface area contributed by atoms with E-state index in [-0.39, 0.29) is 12.5 Å². The van der Waals surface area contributed by atoms with Gasteiger partial charge in [-0.2, -0.15) is 5.10 Å². The number of amides is 1. The smallest absolute Gasteiger partial charge is 0.311 e. The van der Waals surface area contributed by atoms with E-state index >= 15 is 0 Å². The lowest BCUT2D eigenvalue weighted by Crippen LogP contribution is -2.34. The van der Waals surface area contributed by atoms with E-state index in [0.717, 1.165) is 18.7 Å². The second-order valence-corrected chi connectivity index (χ2v) is 5.54. The van der Waals surface area contributed by atoms with E-state index in [1.54, 1.807) is 6.92 Å². The van der Waals surface area contributed by atoms with Crippen LogP contribution in [0.3, 0.4) is 0 Å². The summed E-state index contributed by atoms with van der Waals surface area (Å²) in [7, 11) is 0. The molecular weight excluding hydrogens is 258 g/mol. The molecule has 0 radical (unpaired) electrons. The molecule has 0 aromatic carbocycles. The summed E-state index contributed by atoms with van der Waals surface area (Å²) in [6.45, 7) is 6.70. The van der Waals surface area contributed by atoms with Crippen molar-refractivity contribution in [1.82, 2.24) is 15.1 Å². The van der Waals surface area contributed by atoms with Crippen molar-refractivity contribution in [1.29, 1.82) is 0 Å². The predicted molar refractivity (Wildman–Crippen MR) is 73.6 cm³/mol. The molecule has 110 valence electrons. The van der Waals surface area contributed by atoms with E-state index in [2.05, 4.69) is 17.3 Å². The highest BCUT2D eigenvalue weighted by molar-refractivity contribution is 5.96. The number of nitrogens with one attached hydrogen (secondary N) is 1. The lowest BCUT2D eigenvalue weighted by molar-refractivity contribution is -0.143. The van der Waals surface area contributed by atoms with Crippen LogP contribution in [0.4, 0.5) is 0 Å². The molecule has 20 heavy (non-hydrogen) atoms. The molecule has 0 unspecified atom stereocenters. The number of nitrogens with zero attached hydrogens (tertiary/aromatic N) is 2. The largest absolute Gasteiger partial charge is 0.481 e. The quantitative estimate of drug-likeness (QED) is 0.826. The zero-order valence-corrected chi connectivity index (χ0v) is 12.2. The summed E-state index contributed by atoms with van der Waals surface area (Å²) >= 11 is 0. The minimum absolute atomic E-state index is 0.193. The molecule has 6 nitrogen and oxygen atoms in total. The average molecular weight is 279 g/mol. The number of carbonyl (C=O) groups is 2. The Morgan fingerprint density at radius 1 is 1.40 bits per heavy atom. The van der Waals surface area contributed by atoms with Crippen LogP contribution in [0.5, 0.6) is 0 Å². The Labute approximate surface area is 118 Å². The van der Waals surface area contributed by atoms with Gasteiger partial charge in [-0.3, -0.25) is 14.3 Å². The van der Waals surface area contributed by atoms with E-state index in [4.69, 9.17) is 5.11 Å². The zero-order chi connectivity index (χ0) is 14.9. The Morgan fingerprint density at radius 2 is 2.05 bits per heavy atom. The van der Waals surface area contributed by atoms with Crippen LogP contribution in [0.15, 0.2) is 0 Å². The van der Waals surface area contributed by atoms with E-state index < -0.39 is 11.4 Å². The number of rotatable bonds is 6. The van der Waals surface area contributed by atoms with Gasteiger partial charge in [0.05, 0.1) is 16.7 Å². The molecule has 1 amide bonds. The van der Waals surface area contributed by atoms with Gasteiger partial charge in [-0.05, 0) is 33.1 Å². The minimum Gasteiger partial charge on any atom is -0.481 e. The molecule has 0 saturated heterocycles. The number of hydrogen-bond donors (Lipinski definition) is 2. The molecule has 1 aliphatic rings. The molecule has 1 aromatic rings. The SMILES string of the molecule is CCCn1nc(C)c(C(=O)NCC2(C(=O)O)CC2)c1C. The monoisotopic (exact) mass is 279 g/mol. The fraction of sp³-hybridized carbons (Fsp3) is 0.643. The van der Waals surface area contributed by atoms with Crippen LogP contribution in [0.1, 0.15) is 47.9 Å². The Morgan fingerprint density at radius 3 is 2.55 bits per heavy atom. The van der Waals surface area contributed by atoms with E-state index in [1.165, 1.54) is 0 Å². The Hall–Kier alpha value is -1.85. The molecule has 6 heteroatoms. The summed E-state index contributed by atoms with van der Waals surface area (Å²) in [5.41, 5.74) is 1.35. The first-order chi connectivity index (χ1) is 9.41. The van der Waals surface area contributed by atoms with Crippen molar-refractivity contribution in [2.45, 2.75) is 46.6 Å². The molecule has 2 rings (SSSR count). The van der Waals surface area contributed by atoms with Gasteiger partial charge in [0.1, 0.15) is 0 Å². The van der Waals surface area contributed by atoms with Crippen LogP contribution in [0.2, 0.25) is 0 Å². The molecule has 1 saturated carbocycles. The highest BCUT2D eigenvalue weighted by Crippen LogP contribution is 2.45. The second kappa shape index (κ2) is 5.26. The van der Waals surface area contributed by atoms with Crippen LogP contribution >= 0.6 is 0 Å². The van der Waals surface area contributed by atoms with Gasteiger partial charge in [0.15, 0.2) is 0 Å². The molecule has 1 aliphatic carbocycles. The number of aryl methyl sites for hydroxylation is 2. The summed E-state index contributed by atoms with van der Waals surface area (Å²) < 4.78 is 1.83. The van der Waals surface area contributed by atoms with Crippen molar-refractivity contribution in [2.75, 3.05) is 6.54 Å². The lowest BCUT2D eigenvalue weighted by atomic mass is 10.1. The molecule has 0 spiro atoms. The molecule has 1 aromatic heterocycles. The van der Waals surface area contributed by atoms with Crippen LogP contribution in [0, 0.1) is 19.3 Å². The summed E-state index contributed by atoms with van der Waals surface area (Å²) in [5, 5.41) is 16.2. The van der Waals surface area contributed by atoms with Crippen LogP contribution < -0.4 is 5.32 Å². The van der Waals surface area contributed by atoms with E-state index in [0.29, 0.717) is 24.1 Å². The third-order valence-corrected chi connectivity index (χ3v) is 3.94. The number of hydrogen-bond acceptors (Lipinski definition) is 3. The molecule has 1 fully saturated rings. The Kier molecular flexibility index (Phi) is 3.83. The van der Waals surface area contributed by atoms with Gasteiger partial charge in [0.25, 0.3) is 5.91 Å². The standard InChI is InChI=1S/C14H21N3O3/c1-4-7-17-10(3)11(9(2)16-17)12(18)15-8-14(5-6-14)13(19)20/h4-8H2,1-3H3,(H,15,18)(H,19,20). The van der Waals surface area contributed by atoms with E-state index in [9.17, 15) is 9.59 Å². The van der Waals surface area contributed by atoms with Crippen molar-refractivity contribution in [2.24, 2.45) is 5.41 Å². The van der Waals surface area contributed by atoms with Crippen LogP contribution in [-0.2, 0) is 11.3 Å². The average Bonchev–Trinajstić information content (AvgIpc) is 3.12. The van der Waals surface area contributed by atoms with Crippen molar-refractivity contribution >= 4 is 11.9 Å². The molecule has 1 heterocycles. The Balaban J connectivity index is 2.08. The normalized spacial score (nSPS) is 15.9. The second-order valence-electron chi connectivity index (χ2n) is 5.54. The van der Waals surface area contributed by atoms with Gasteiger partial charge in [0.2, 0.25) is 0 Å². The summed E-state index contributed by atoms with van der Waals surface area (Å²) in [6, 6.07) is 0. The van der Waals surface area contributed by atoms with Gasteiger partial charge in [-0.1, -0.05) is 6.92 Å². The fourth-order valence-electron chi connectivity index (χ4n) is 2.41. The van der Waals surface area contributed by atoms with Crippen molar-refractivity contribution in [3.8, 4) is 0 Å². The van der Waals surface area contributed by atoms with Gasteiger partial charge in [-0.25, -0.2) is 0 Å². The molecule has 0 bridgehead atoms. The van der Waals surface area contributed by atoms with Crippen molar-refractivity contribution < 1.29 is 14.7 Å². The fourth-order valence-corrected chi connectivity index (χ4v) is 2.41. The predicted octanol–water partition coefficient (Wildman–Crippen LogP) is 1.50. The molecule has 2 N–H and O–H groups in total. The van der Waals surface area contributed by atoms with Crippen LogP contribution in [0.25, 0.3) is 0 Å². The summed E-state index contributed by atoms with van der Waals surface area (Å²) in [6.07, 6.45) is 2.22. The third kappa shape index (κ3) is 2.55. The van der Waals surface area contributed by atoms with E-state index in [1.807, 2.05) is 11.6 Å². The minimum atomic E-state index is -0.826. The molecule has 0 aliphatic heterocycles. The maximum absolute atomic E-state index is 12.2. The first-order valence-corrected chi connectivity index (χ1v) is 6.97. The van der Waals surface area contributed by atoms with Gasteiger partial charge in [-0.15, -0.1) is 0 Å². The number of carboxylic acids is 1. The number of carbonyl (C=O) groups excluding carboxylic acids is 1. The topological polar surface area (TPSA) is 84.2 Å². The van der Waals surface area contributed by atoms with Crippen molar-refractivity contribution in [3.63, 3.8) is 0 Å². The summed E-state index contributed by atoms with van der Waals surface area (Å²) in [4.78, 5) is 23.3. The molecular formula is C14H21N3O3. The van der Waals surface area contributed by atoms with Gasteiger partial charge in [0, 0.05) is 18.8 Å². The first kappa shape index (κ1) is 14.6. The maximum Gasteiger partial charge on any atom is 0.311 e. The highest BCUT2D eigenvalue weighted by atomic mass is 16.4. The highest BCUT2D eigenvalue weighted by Gasteiger charge is 2.50. The number of aromatic nitrogens is 2. The maximum atomic E-state index is 12.2. The van der Waals surface area contributed by atoms with Crippen molar-refractivity contribution in [3.05, 3.63) is 17.0 Å². The van der Waals surface area contributed by atoms with Gasteiger partial charge < -0.3 is 10.4 Å². The zero-order valence-electron chi connectivity index (χ0n) is 12.2. The summed E-state index contributed by atoms with van der Waals surface area (Å²) in [5.74, 6) is -1.05. The Bertz CT molecular complexity index is 544. The number of carboxylic acid groups (broad SMARTS) is 1.